The van der Waals surface area contributed by atoms with Gasteiger partial charge in [-0.1, -0.05) is 29.8 Å². The van der Waals surface area contributed by atoms with Gasteiger partial charge in [-0.15, -0.1) is 0 Å². The van der Waals surface area contributed by atoms with Gasteiger partial charge in [0, 0.05) is 31.2 Å². The molecule has 1 aromatic carbocycles. The smallest absolute Gasteiger partial charge is 0.115 e. The first kappa shape index (κ1) is 15.5. The second-order valence-corrected chi connectivity index (χ2v) is 5.75. The quantitative estimate of drug-likeness (QED) is 0.838. The predicted octanol–water partition coefficient (Wildman–Crippen LogP) is 3.26. The molecule has 1 N–H and O–H groups in total. The van der Waals surface area contributed by atoms with Gasteiger partial charge in [0.2, 0.25) is 0 Å². The van der Waals surface area contributed by atoms with Crippen LogP contribution in [0.15, 0.2) is 22.7 Å². The lowest BCUT2D eigenvalue weighted by Gasteiger charge is -2.24. The first-order chi connectivity index (χ1) is 8.52. The molecule has 0 bridgehead atoms. The molecule has 0 saturated carbocycles. The Morgan fingerprint density at radius 1 is 1.39 bits per heavy atom. The molecule has 0 saturated heterocycles. The summed E-state index contributed by atoms with van der Waals surface area (Å²) in [6, 6.07) is 5.38. The van der Waals surface area contributed by atoms with Crippen LogP contribution in [0.25, 0.3) is 0 Å². The molecule has 0 atom stereocenters. The number of phenolic OH excluding ortho intramolecular Hbond substituents is 1. The van der Waals surface area contributed by atoms with Crippen molar-refractivity contribution in [1.29, 1.82) is 0 Å². The van der Waals surface area contributed by atoms with Crippen LogP contribution < -0.4 is 0 Å². The SMILES string of the molecule is COCCN(Cc1cc(O)ccc1Br)CC(C)C. The number of hydrogen-bond donors (Lipinski definition) is 1. The number of halogens is 1. The largest absolute Gasteiger partial charge is 0.508 e. The predicted molar refractivity (Wildman–Crippen MR) is 77.8 cm³/mol. The fourth-order valence-electron chi connectivity index (χ4n) is 1.89. The number of phenols is 1. The molecule has 1 rings (SSSR count). The maximum Gasteiger partial charge on any atom is 0.115 e. The van der Waals surface area contributed by atoms with Gasteiger partial charge in [0.1, 0.15) is 5.75 Å². The third-order valence-electron chi connectivity index (χ3n) is 2.66. The molecule has 0 unspecified atom stereocenters. The van der Waals surface area contributed by atoms with Crippen molar-refractivity contribution in [3.8, 4) is 5.75 Å². The van der Waals surface area contributed by atoms with Gasteiger partial charge < -0.3 is 9.84 Å². The Morgan fingerprint density at radius 3 is 2.72 bits per heavy atom. The Labute approximate surface area is 118 Å². The minimum Gasteiger partial charge on any atom is -0.508 e. The van der Waals surface area contributed by atoms with Gasteiger partial charge in [-0.3, -0.25) is 4.90 Å². The molecule has 3 nitrogen and oxygen atoms in total. The van der Waals surface area contributed by atoms with Gasteiger partial charge >= 0.3 is 0 Å². The summed E-state index contributed by atoms with van der Waals surface area (Å²) in [5.41, 5.74) is 1.10. The van der Waals surface area contributed by atoms with Crippen molar-refractivity contribution in [1.82, 2.24) is 4.90 Å². The van der Waals surface area contributed by atoms with E-state index in [2.05, 4.69) is 34.7 Å². The van der Waals surface area contributed by atoms with Crippen LogP contribution in [0.4, 0.5) is 0 Å². The van der Waals surface area contributed by atoms with Crippen LogP contribution in [0.3, 0.4) is 0 Å². The minimum absolute atomic E-state index is 0.310. The van der Waals surface area contributed by atoms with E-state index in [-0.39, 0.29) is 0 Å². The Morgan fingerprint density at radius 2 is 2.11 bits per heavy atom. The third kappa shape index (κ3) is 5.38. The van der Waals surface area contributed by atoms with E-state index in [1.54, 1.807) is 13.2 Å². The molecule has 0 aliphatic carbocycles. The van der Waals surface area contributed by atoms with Crippen molar-refractivity contribution in [2.75, 3.05) is 26.8 Å². The summed E-state index contributed by atoms with van der Waals surface area (Å²) in [6.07, 6.45) is 0. The van der Waals surface area contributed by atoms with Crippen LogP contribution in [-0.2, 0) is 11.3 Å². The molecule has 1 aromatic rings. The fraction of sp³-hybridized carbons (Fsp3) is 0.571. The molecule has 102 valence electrons. The van der Waals surface area contributed by atoms with Crippen LogP contribution >= 0.6 is 15.9 Å². The van der Waals surface area contributed by atoms with E-state index in [1.165, 1.54) is 0 Å². The molecule has 0 fully saturated rings. The first-order valence-electron chi connectivity index (χ1n) is 6.21. The lowest BCUT2D eigenvalue weighted by atomic mass is 10.1. The topological polar surface area (TPSA) is 32.7 Å². The van der Waals surface area contributed by atoms with Crippen molar-refractivity contribution < 1.29 is 9.84 Å². The highest BCUT2D eigenvalue weighted by Gasteiger charge is 2.10. The average Bonchev–Trinajstić information content (AvgIpc) is 2.30. The number of nitrogens with zero attached hydrogens (tertiary/aromatic N) is 1. The van der Waals surface area contributed by atoms with Gasteiger partial charge in [-0.2, -0.15) is 0 Å². The molecule has 0 heterocycles. The van der Waals surface area contributed by atoms with Crippen molar-refractivity contribution in [3.63, 3.8) is 0 Å². The molecule has 0 aromatic heterocycles. The maximum atomic E-state index is 9.54. The van der Waals surface area contributed by atoms with Gasteiger partial charge in [-0.05, 0) is 29.7 Å². The zero-order valence-corrected chi connectivity index (χ0v) is 12.9. The van der Waals surface area contributed by atoms with Crippen LogP contribution in [0.2, 0.25) is 0 Å². The van der Waals surface area contributed by atoms with Gasteiger partial charge in [-0.25, -0.2) is 0 Å². The van der Waals surface area contributed by atoms with E-state index < -0.39 is 0 Å². The van der Waals surface area contributed by atoms with Crippen LogP contribution in [-0.4, -0.2) is 36.8 Å². The summed E-state index contributed by atoms with van der Waals surface area (Å²) in [5.74, 6) is 0.919. The molecule has 0 spiro atoms. The van der Waals surface area contributed by atoms with Crippen molar-refractivity contribution in [2.24, 2.45) is 5.92 Å². The maximum absolute atomic E-state index is 9.54. The van der Waals surface area contributed by atoms with E-state index in [9.17, 15) is 5.11 Å². The number of benzene rings is 1. The highest BCUT2D eigenvalue weighted by atomic mass is 79.9. The van der Waals surface area contributed by atoms with Gasteiger partial charge in [0.25, 0.3) is 0 Å². The Balaban J connectivity index is 2.71. The van der Waals surface area contributed by atoms with E-state index >= 15 is 0 Å². The van der Waals surface area contributed by atoms with E-state index in [0.29, 0.717) is 11.7 Å². The summed E-state index contributed by atoms with van der Waals surface area (Å²) < 4.78 is 6.18. The number of methoxy groups -OCH3 is 1. The number of ether oxygens (including phenoxy) is 1. The molecule has 0 aliphatic rings. The standard InChI is InChI=1S/C14H22BrNO2/c1-11(2)9-16(6-7-18-3)10-12-8-13(17)4-5-14(12)15/h4-5,8,11,17H,6-7,9-10H2,1-3H3. The highest BCUT2D eigenvalue weighted by molar-refractivity contribution is 9.10. The number of aromatic hydroxyl groups is 1. The Bertz CT molecular complexity index is 369. The van der Waals surface area contributed by atoms with E-state index in [0.717, 1.165) is 36.3 Å². The van der Waals surface area contributed by atoms with Crippen molar-refractivity contribution in [3.05, 3.63) is 28.2 Å². The Hall–Kier alpha value is -0.580. The number of hydrogen-bond acceptors (Lipinski definition) is 3. The van der Waals surface area contributed by atoms with Crippen LogP contribution in [0, 0.1) is 5.92 Å². The normalized spacial score (nSPS) is 11.4. The summed E-state index contributed by atoms with van der Waals surface area (Å²) in [4.78, 5) is 2.34. The fourth-order valence-corrected chi connectivity index (χ4v) is 2.27. The summed E-state index contributed by atoms with van der Waals surface area (Å²) >= 11 is 3.52. The molecule has 0 radical (unpaired) electrons. The molecular weight excluding hydrogens is 294 g/mol. The molecular formula is C14H22BrNO2. The number of rotatable bonds is 7. The minimum atomic E-state index is 0.310. The molecule has 4 heteroatoms. The van der Waals surface area contributed by atoms with E-state index in [1.807, 2.05) is 12.1 Å². The van der Waals surface area contributed by atoms with E-state index in [4.69, 9.17) is 4.74 Å². The van der Waals surface area contributed by atoms with Crippen LogP contribution in [0.1, 0.15) is 19.4 Å². The summed E-state index contributed by atoms with van der Waals surface area (Å²) in [5, 5.41) is 9.54. The van der Waals surface area contributed by atoms with Crippen LogP contribution in [0.5, 0.6) is 5.75 Å². The second-order valence-electron chi connectivity index (χ2n) is 4.90. The zero-order valence-electron chi connectivity index (χ0n) is 11.3. The molecule has 18 heavy (non-hydrogen) atoms. The first-order valence-corrected chi connectivity index (χ1v) is 7.01. The molecule has 0 aliphatic heterocycles. The van der Waals surface area contributed by atoms with Crippen molar-refractivity contribution in [2.45, 2.75) is 20.4 Å². The third-order valence-corrected chi connectivity index (χ3v) is 3.43. The molecule has 0 amide bonds. The summed E-state index contributed by atoms with van der Waals surface area (Å²) in [7, 11) is 1.72. The van der Waals surface area contributed by atoms with Gasteiger partial charge in [0.05, 0.1) is 6.61 Å². The lowest BCUT2D eigenvalue weighted by molar-refractivity contribution is 0.136. The Kier molecular flexibility index (Phi) is 6.68. The van der Waals surface area contributed by atoms with Crippen molar-refractivity contribution >= 4 is 15.9 Å². The monoisotopic (exact) mass is 315 g/mol. The average molecular weight is 316 g/mol. The summed E-state index contributed by atoms with van der Waals surface area (Å²) in [6.45, 7) is 7.87. The second kappa shape index (κ2) is 7.77. The zero-order chi connectivity index (χ0) is 13.5. The van der Waals surface area contributed by atoms with Gasteiger partial charge in [0.15, 0.2) is 0 Å². The highest BCUT2D eigenvalue weighted by Crippen LogP contribution is 2.23. The lowest BCUT2D eigenvalue weighted by Crippen LogP contribution is -2.30.